The Kier molecular flexibility index (Phi) is 3.77. The molecule has 1 unspecified atom stereocenters. The number of para-hydroxylation sites is 1. The average Bonchev–Trinajstić information content (AvgIpc) is 2.77. The van der Waals surface area contributed by atoms with Crippen molar-refractivity contribution in [3.05, 3.63) is 29.8 Å². The van der Waals surface area contributed by atoms with Gasteiger partial charge in [-0.3, -0.25) is 10.6 Å². The maximum Gasteiger partial charge on any atom is 0.256 e. The molecule has 1 saturated heterocycles. The summed E-state index contributed by atoms with van der Waals surface area (Å²) in [6.07, 6.45) is 0.489. The molecule has 1 aromatic carbocycles. The van der Waals surface area contributed by atoms with Gasteiger partial charge in [-0.25, -0.2) is 8.42 Å². The van der Waals surface area contributed by atoms with Crippen molar-refractivity contribution >= 4 is 21.4 Å². The number of nitrogens with zero attached hydrogens (tertiary/aromatic N) is 1. The van der Waals surface area contributed by atoms with Crippen molar-refractivity contribution < 1.29 is 13.2 Å². The third-order valence-electron chi connectivity index (χ3n) is 3.39. The molecule has 104 valence electrons. The van der Waals surface area contributed by atoms with E-state index in [9.17, 15) is 13.2 Å². The van der Waals surface area contributed by atoms with Crippen molar-refractivity contribution in [1.82, 2.24) is 4.90 Å². The number of hydrogen-bond acceptors (Lipinski definition) is 5. The van der Waals surface area contributed by atoms with Crippen LogP contribution in [0.15, 0.2) is 24.3 Å². The van der Waals surface area contributed by atoms with E-state index < -0.39 is 9.84 Å². The summed E-state index contributed by atoms with van der Waals surface area (Å²) in [6, 6.07) is 6.62. The number of carbonyl (C=O) groups is 1. The van der Waals surface area contributed by atoms with E-state index in [0.29, 0.717) is 17.7 Å². The van der Waals surface area contributed by atoms with Gasteiger partial charge in [-0.1, -0.05) is 12.1 Å². The van der Waals surface area contributed by atoms with Crippen LogP contribution in [0.25, 0.3) is 0 Å². The summed E-state index contributed by atoms with van der Waals surface area (Å²) in [4.78, 5) is 13.8. The number of nitrogens with one attached hydrogen (secondary N) is 1. The van der Waals surface area contributed by atoms with Crippen LogP contribution in [0.1, 0.15) is 16.8 Å². The predicted octanol–water partition coefficient (Wildman–Crippen LogP) is 0.231. The fourth-order valence-corrected chi connectivity index (χ4v) is 4.01. The lowest BCUT2D eigenvalue weighted by Gasteiger charge is -2.24. The molecule has 0 aliphatic carbocycles. The number of hydrogen-bond donors (Lipinski definition) is 2. The zero-order valence-corrected chi connectivity index (χ0v) is 11.5. The third kappa shape index (κ3) is 2.87. The average molecular weight is 283 g/mol. The lowest BCUT2D eigenvalue weighted by atomic mass is 10.1. The second-order valence-electron chi connectivity index (χ2n) is 4.66. The molecule has 2 rings (SSSR count). The number of nitrogen functional groups attached to an aromatic ring is 1. The summed E-state index contributed by atoms with van der Waals surface area (Å²) in [5.74, 6) is 5.32. The lowest BCUT2D eigenvalue weighted by molar-refractivity contribution is 0.0748. The zero-order chi connectivity index (χ0) is 14.0. The summed E-state index contributed by atoms with van der Waals surface area (Å²) in [5.41, 5.74) is 3.44. The second-order valence-corrected chi connectivity index (χ2v) is 6.89. The van der Waals surface area contributed by atoms with Crippen LogP contribution < -0.4 is 11.3 Å². The van der Waals surface area contributed by atoms with Gasteiger partial charge in [-0.2, -0.15) is 0 Å². The van der Waals surface area contributed by atoms with E-state index in [1.165, 1.54) is 4.90 Å². The number of hydrazine groups is 1. The highest BCUT2D eigenvalue weighted by Gasteiger charge is 2.33. The first kappa shape index (κ1) is 13.8. The SMILES string of the molecule is CN(C(=O)c1ccccc1NN)C1CCS(=O)(=O)C1. The van der Waals surface area contributed by atoms with Crippen LogP contribution in [0.2, 0.25) is 0 Å². The van der Waals surface area contributed by atoms with Gasteiger partial charge in [0.05, 0.1) is 22.8 Å². The standard InChI is InChI=1S/C12H17N3O3S/c1-15(9-6-7-19(17,18)8-9)12(16)10-4-2-3-5-11(10)14-13/h2-5,9,14H,6-8,13H2,1H3. The number of amides is 1. The first-order valence-electron chi connectivity index (χ1n) is 5.98. The Morgan fingerprint density at radius 1 is 1.42 bits per heavy atom. The van der Waals surface area contributed by atoms with Gasteiger partial charge in [0, 0.05) is 13.1 Å². The van der Waals surface area contributed by atoms with Gasteiger partial charge in [0.25, 0.3) is 5.91 Å². The van der Waals surface area contributed by atoms with Crippen LogP contribution in [0.3, 0.4) is 0 Å². The molecule has 6 nitrogen and oxygen atoms in total. The highest BCUT2D eigenvalue weighted by atomic mass is 32.2. The number of carbonyl (C=O) groups excluding carboxylic acids is 1. The molecule has 1 heterocycles. The van der Waals surface area contributed by atoms with E-state index in [4.69, 9.17) is 5.84 Å². The summed E-state index contributed by atoms with van der Waals surface area (Å²) < 4.78 is 22.9. The van der Waals surface area contributed by atoms with Crippen molar-refractivity contribution in [3.8, 4) is 0 Å². The molecule has 1 atom stereocenters. The molecule has 0 saturated carbocycles. The van der Waals surface area contributed by atoms with Gasteiger partial charge in [-0.15, -0.1) is 0 Å². The first-order chi connectivity index (χ1) is 8.94. The van der Waals surface area contributed by atoms with Crippen LogP contribution in [0.5, 0.6) is 0 Å². The smallest absolute Gasteiger partial charge is 0.256 e. The Morgan fingerprint density at radius 2 is 2.11 bits per heavy atom. The fourth-order valence-electron chi connectivity index (χ4n) is 2.23. The zero-order valence-electron chi connectivity index (χ0n) is 10.7. The first-order valence-corrected chi connectivity index (χ1v) is 7.80. The van der Waals surface area contributed by atoms with Gasteiger partial charge in [0.15, 0.2) is 9.84 Å². The molecule has 0 aromatic heterocycles. The number of nitrogens with two attached hydrogens (primary N) is 1. The second kappa shape index (κ2) is 5.18. The lowest BCUT2D eigenvalue weighted by Crippen LogP contribution is -2.38. The quantitative estimate of drug-likeness (QED) is 0.612. The van der Waals surface area contributed by atoms with E-state index in [0.717, 1.165) is 0 Å². The Labute approximate surface area is 112 Å². The summed E-state index contributed by atoms with van der Waals surface area (Å²) in [6.45, 7) is 0. The molecule has 1 fully saturated rings. The maximum absolute atomic E-state index is 12.4. The van der Waals surface area contributed by atoms with Crippen LogP contribution in [0.4, 0.5) is 5.69 Å². The monoisotopic (exact) mass is 283 g/mol. The molecule has 1 aliphatic rings. The minimum Gasteiger partial charge on any atom is -0.338 e. The Hall–Kier alpha value is -1.60. The van der Waals surface area contributed by atoms with Gasteiger partial charge in [-0.05, 0) is 18.6 Å². The van der Waals surface area contributed by atoms with Gasteiger partial charge < -0.3 is 10.3 Å². The van der Waals surface area contributed by atoms with E-state index >= 15 is 0 Å². The number of anilines is 1. The molecule has 0 bridgehead atoms. The van der Waals surface area contributed by atoms with Crippen LogP contribution >= 0.6 is 0 Å². The van der Waals surface area contributed by atoms with Gasteiger partial charge in [0.1, 0.15) is 0 Å². The molecular weight excluding hydrogens is 266 g/mol. The fraction of sp³-hybridized carbons (Fsp3) is 0.417. The highest BCUT2D eigenvalue weighted by Crippen LogP contribution is 2.21. The van der Waals surface area contributed by atoms with Crippen LogP contribution in [-0.2, 0) is 9.84 Å². The molecule has 1 aromatic rings. The van der Waals surface area contributed by atoms with E-state index in [2.05, 4.69) is 5.43 Å². The number of rotatable bonds is 3. The number of sulfone groups is 1. The number of benzene rings is 1. The molecule has 19 heavy (non-hydrogen) atoms. The maximum atomic E-state index is 12.4. The largest absolute Gasteiger partial charge is 0.338 e. The topological polar surface area (TPSA) is 92.5 Å². The van der Waals surface area contributed by atoms with Crippen molar-refractivity contribution in [3.63, 3.8) is 0 Å². The summed E-state index contributed by atoms with van der Waals surface area (Å²) >= 11 is 0. The van der Waals surface area contributed by atoms with E-state index in [1.54, 1.807) is 31.3 Å². The minimum absolute atomic E-state index is 0.0352. The minimum atomic E-state index is -3.01. The van der Waals surface area contributed by atoms with Crippen LogP contribution in [0, 0.1) is 0 Å². The predicted molar refractivity (Wildman–Crippen MR) is 73.4 cm³/mol. The van der Waals surface area contributed by atoms with Crippen LogP contribution in [-0.4, -0.2) is 43.8 Å². The van der Waals surface area contributed by atoms with Gasteiger partial charge >= 0.3 is 0 Å². The molecule has 1 aliphatic heterocycles. The summed E-state index contributed by atoms with van der Waals surface area (Å²) in [7, 11) is -1.38. The Morgan fingerprint density at radius 3 is 2.68 bits per heavy atom. The van der Waals surface area contributed by atoms with Crippen molar-refractivity contribution in [2.75, 3.05) is 24.0 Å². The molecular formula is C12H17N3O3S. The Bertz CT molecular complexity index is 586. The molecule has 3 N–H and O–H groups in total. The molecule has 7 heteroatoms. The normalized spacial score (nSPS) is 21.1. The Balaban J connectivity index is 2.20. The van der Waals surface area contributed by atoms with Crippen molar-refractivity contribution in [1.29, 1.82) is 0 Å². The molecule has 0 radical (unpaired) electrons. The summed E-state index contributed by atoms with van der Waals surface area (Å²) in [5, 5.41) is 0. The van der Waals surface area contributed by atoms with E-state index in [-0.39, 0.29) is 23.5 Å². The third-order valence-corrected chi connectivity index (χ3v) is 5.14. The van der Waals surface area contributed by atoms with E-state index in [1.807, 2.05) is 0 Å². The molecule has 1 amide bonds. The highest BCUT2D eigenvalue weighted by molar-refractivity contribution is 7.91. The van der Waals surface area contributed by atoms with Crippen molar-refractivity contribution in [2.24, 2.45) is 5.84 Å². The van der Waals surface area contributed by atoms with Gasteiger partial charge in [0.2, 0.25) is 0 Å². The van der Waals surface area contributed by atoms with Crippen molar-refractivity contribution in [2.45, 2.75) is 12.5 Å². The molecule has 0 spiro atoms.